The maximum Gasteiger partial charge on any atom is 0.159 e. The first-order valence-electron chi connectivity index (χ1n) is 3.67. The number of nitrogen functional groups attached to an aromatic ring is 2. The molecule has 0 aliphatic rings. The molecule has 0 atom stereocenters. The van der Waals surface area contributed by atoms with E-state index in [0.29, 0.717) is 10.7 Å². The number of amidine groups is 1. The SMILES string of the molecule is N=C(N)c1nc2ccc(N)cc2s1. The van der Waals surface area contributed by atoms with E-state index >= 15 is 0 Å². The number of aromatic nitrogens is 1. The Balaban J connectivity index is 2.68. The Hall–Kier alpha value is -1.62. The lowest BCUT2D eigenvalue weighted by molar-refractivity contribution is 1.37. The molecule has 0 unspecified atom stereocenters. The molecule has 1 aromatic heterocycles. The molecule has 0 bridgehead atoms. The van der Waals surface area contributed by atoms with E-state index in [1.165, 1.54) is 11.3 Å². The maximum atomic E-state index is 7.22. The van der Waals surface area contributed by atoms with Crippen LogP contribution in [0.1, 0.15) is 5.01 Å². The minimum atomic E-state index is -0.000212. The van der Waals surface area contributed by atoms with Crippen LogP contribution < -0.4 is 11.5 Å². The van der Waals surface area contributed by atoms with Gasteiger partial charge >= 0.3 is 0 Å². The van der Waals surface area contributed by atoms with Gasteiger partial charge in [-0.15, -0.1) is 11.3 Å². The third-order valence-electron chi connectivity index (χ3n) is 1.64. The molecule has 66 valence electrons. The molecule has 2 rings (SSSR count). The molecule has 0 saturated carbocycles. The Morgan fingerprint density at radius 2 is 2.23 bits per heavy atom. The Morgan fingerprint density at radius 3 is 2.92 bits per heavy atom. The summed E-state index contributed by atoms with van der Waals surface area (Å²) >= 11 is 1.38. The molecule has 1 aromatic carbocycles. The van der Waals surface area contributed by atoms with Crippen molar-refractivity contribution in [3.63, 3.8) is 0 Å². The normalized spacial score (nSPS) is 10.5. The van der Waals surface area contributed by atoms with Crippen molar-refractivity contribution in [2.24, 2.45) is 5.73 Å². The lowest BCUT2D eigenvalue weighted by atomic mass is 10.3. The molecule has 0 aliphatic heterocycles. The first kappa shape index (κ1) is 8.00. The monoisotopic (exact) mass is 192 g/mol. The molecule has 4 nitrogen and oxygen atoms in total. The summed E-state index contributed by atoms with van der Waals surface area (Å²) in [5.41, 5.74) is 12.5. The molecule has 5 heteroatoms. The number of rotatable bonds is 1. The average Bonchev–Trinajstić information content (AvgIpc) is 2.46. The second-order valence-electron chi connectivity index (χ2n) is 2.66. The summed E-state index contributed by atoms with van der Waals surface area (Å²) in [4.78, 5) is 4.17. The first-order chi connectivity index (χ1) is 6.16. The van der Waals surface area contributed by atoms with Gasteiger partial charge in [0.25, 0.3) is 0 Å². The van der Waals surface area contributed by atoms with Gasteiger partial charge in [-0.3, -0.25) is 5.41 Å². The summed E-state index contributed by atoms with van der Waals surface area (Å²) < 4.78 is 0.963. The molecule has 2 aromatic rings. The number of nitrogens with one attached hydrogen (secondary N) is 1. The van der Waals surface area contributed by atoms with E-state index in [9.17, 15) is 0 Å². The van der Waals surface area contributed by atoms with Crippen molar-refractivity contribution in [1.29, 1.82) is 5.41 Å². The standard InChI is InChI=1S/C8H8N4S/c9-4-1-2-5-6(3-4)13-8(12-5)7(10)11/h1-3H,9H2,(H3,10,11). The first-order valence-corrected chi connectivity index (χ1v) is 4.49. The van der Waals surface area contributed by atoms with Crippen LogP contribution in [-0.2, 0) is 0 Å². The van der Waals surface area contributed by atoms with Crippen LogP contribution >= 0.6 is 11.3 Å². The van der Waals surface area contributed by atoms with Gasteiger partial charge in [0, 0.05) is 5.69 Å². The van der Waals surface area contributed by atoms with Crippen molar-refractivity contribution >= 4 is 33.1 Å². The van der Waals surface area contributed by atoms with Gasteiger partial charge in [-0.1, -0.05) is 0 Å². The molecule has 5 N–H and O–H groups in total. The molecule has 0 fully saturated rings. The highest BCUT2D eigenvalue weighted by molar-refractivity contribution is 7.20. The van der Waals surface area contributed by atoms with Crippen LogP contribution in [0.15, 0.2) is 18.2 Å². The highest BCUT2D eigenvalue weighted by Crippen LogP contribution is 2.23. The van der Waals surface area contributed by atoms with E-state index in [4.69, 9.17) is 16.9 Å². The van der Waals surface area contributed by atoms with Crippen molar-refractivity contribution in [2.45, 2.75) is 0 Å². The highest BCUT2D eigenvalue weighted by Gasteiger charge is 2.05. The summed E-state index contributed by atoms with van der Waals surface area (Å²) in [7, 11) is 0. The van der Waals surface area contributed by atoms with Gasteiger partial charge in [-0.2, -0.15) is 0 Å². The Morgan fingerprint density at radius 1 is 1.46 bits per heavy atom. The topological polar surface area (TPSA) is 88.8 Å². The average molecular weight is 192 g/mol. The van der Waals surface area contributed by atoms with Crippen LogP contribution in [0.25, 0.3) is 10.2 Å². The number of benzene rings is 1. The van der Waals surface area contributed by atoms with Gasteiger partial charge in [0.1, 0.15) is 0 Å². The summed E-state index contributed by atoms with van der Waals surface area (Å²) in [5, 5.41) is 7.76. The number of hydrogen-bond acceptors (Lipinski definition) is 4. The summed E-state index contributed by atoms with van der Waals surface area (Å²) in [6.07, 6.45) is 0. The quantitative estimate of drug-likeness (QED) is 0.360. The number of anilines is 1. The lowest BCUT2D eigenvalue weighted by Gasteiger charge is -1.89. The number of nitrogens with two attached hydrogens (primary N) is 2. The number of thiazole rings is 1. The Labute approximate surface area is 78.7 Å². The van der Waals surface area contributed by atoms with Crippen LogP contribution in [0.3, 0.4) is 0 Å². The zero-order valence-electron chi connectivity index (χ0n) is 6.74. The van der Waals surface area contributed by atoms with E-state index in [1.54, 1.807) is 6.07 Å². The van der Waals surface area contributed by atoms with Crippen molar-refractivity contribution in [3.05, 3.63) is 23.2 Å². The summed E-state index contributed by atoms with van der Waals surface area (Å²) in [6.45, 7) is 0. The predicted molar refractivity (Wildman–Crippen MR) is 55.0 cm³/mol. The van der Waals surface area contributed by atoms with Crippen molar-refractivity contribution < 1.29 is 0 Å². The van der Waals surface area contributed by atoms with E-state index < -0.39 is 0 Å². The van der Waals surface area contributed by atoms with E-state index in [2.05, 4.69) is 4.98 Å². The molecule has 0 spiro atoms. The van der Waals surface area contributed by atoms with Crippen LogP contribution in [0, 0.1) is 5.41 Å². The second kappa shape index (κ2) is 2.70. The Kier molecular flexibility index (Phi) is 1.66. The number of nitrogens with zero attached hydrogens (tertiary/aromatic N) is 1. The summed E-state index contributed by atoms with van der Waals surface area (Å²) in [6, 6.07) is 5.44. The van der Waals surface area contributed by atoms with Gasteiger partial charge in [-0.25, -0.2) is 4.98 Å². The molecule has 0 radical (unpaired) electrons. The molecule has 0 saturated heterocycles. The van der Waals surface area contributed by atoms with Gasteiger partial charge < -0.3 is 11.5 Å². The zero-order chi connectivity index (χ0) is 9.42. The number of fused-ring (bicyclic) bond motifs is 1. The Bertz CT molecular complexity index is 474. The third-order valence-corrected chi connectivity index (χ3v) is 2.69. The van der Waals surface area contributed by atoms with Crippen molar-refractivity contribution in [1.82, 2.24) is 4.98 Å². The summed E-state index contributed by atoms with van der Waals surface area (Å²) in [5.74, 6) is -0.000212. The molecule has 1 heterocycles. The fourth-order valence-electron chi connectivity index (χ4n) is 1.06. The fourth-order valence-corrected chi connectivity index (χ4v) is 1.93. The molecule has 0 aliphatic carbocycles. The van der Waals surface area contributed by atoms with Crippen molar-refractivity contribution in [2.75, 3.05) is 5.73 Å². The smallest absolute Gasteiger partial charge is 0.159 e. The van der Waals surface area contributed by atoms with Gasteiger partial charge in [0.15, 0.2) is 10.8 Å². The zero-order valence-corrected chi connectivity index (χ0v) is 7.56. The maximum absolute atomic E-state index is 7.22. The molecule has 0 amide bonds. The number of hydrogen-bond donors (Lipinski definition) is 3. The van der Waals surface area contributed by atoms with Gasteiger partial charge in [0.05, 0.1) is 10.2 Å². The lowest BCUT2D eigenvalue weighted by Crippen LogP contribution is -2.09. The minimum Gasteiger partial charge on any atom is -0.399 e. The van der Waals surface area contributed by atoms with Crippen LogP contribution in [0.5, 0.6) is 0 Å². The molecule has 13 heavy (non-hydrogen) atoms. The van der Waals surface area contributed by atoms with Crippen LogP contribution in [0.4, 0.5) is 5.69 Å². The highest BCUT2D eigenvalue weighted by atomic mass is 32.1. The third kappa shape index (κ3) is 1.33. The van der Waals surface area contributed by atoms with E-state index in [1.807, 2.05) is 12.1 Å². The fraction of sp³-hybridized carbons (Fsp3) is 0. The van der Waals surface area contributed by atoms with Gasteiger partial charge in [0.2, 0.25) is 0 Å². The largest absolute Gasteiger partial charge is 0.399 e. The van der Waals surface area contributed by atoms with E-state index in [0.717, 1.165) is 10.2 Å². The van der Waals surface area contributed by atoms with Crippen LogP contribution in [0.2, 0.25) is 0 Å². The van der Waals surface area contributed by atoms with Crippen molar-refractivity contribution in [3.8, 4) is 0 Å². The van der Waals surface area contributed by atoms with Crippen LogP contribution in [-0.4, -0.2) is 10.8 Å². The molecular weight excluding hydrogens is 184 g/mol. The van der Waals surface area contributed by atoms with Gasteiger partial charge in [-0.05, 0) is 18.2 Å². The van der Waals surface area contributed by atoms with E-state index in [-0.39, 0.29) is 5.84 Å². The molecular formula is C8H8N4S. The predicted octanol–water partition coefficient (Wildman–Crippen LogP) is 1.16. The minimum absolute atomic E-state index is 0.000212. The second-order valence-corrected chi connectivity index (χ2v) is 3.69.